The van der Waals surface area contributed by atoms with Gasteiger partial charge in [-0.25, -0.2) is 4.98 Å². The van der Waals surface area contributed by atoms with Crippen LogP contribution in [0.25, 0.3) is 0 Å². The third-order valence-corrected chi connectivity index (χ3v) is 3.85. The first-order valence-corrected chi connectivity index (χ1v) is 5.98. The summed E-state index contributed by atoms with van der Waals surface area (Å²) in [7, 11) is 0. The van der Waals surface area contributed by atoms with E-state index in [2.05, 4.69) is 15.0 Å². The van der Waals surface area contributed by atoms with Gasteiger partial charge in [-0.2, -0.15) is 0 Å². The molecule has 0 spiro atoms. The van der Waals surface area contributed by atoms with Gasteiger partial charge < -0.3 is 15.8 Å². The lowest BCUT2D eigenvalue weighted by molar-refractivity contribution is 0.318. The van der Waals surface area contributed by atoms with Crippen LogP contribution in [0.15, 0.2) is 23.5 Å². The smallest absolute Gasteiger partial charge is 0.171 e. The zero-order valence-corrected chi connectivity index (χ0v) is 9.58. The number of piperidine rings is 1. The summed E-state index contributed by atoms with van der Waals surface area (Å²) >= 11 is 0. The molecule has 3 rings (SSSR count). The predicted molar refractivity (Wildman–Crippen MR) is 65.2 cm³/mol. The number of rotatable bonds is 2. The maximum absolute atomic E-state index is 8.58. The monoisotopic (exact) mass is 232 g/mol. The Morgan fingerprint density at radius 2 is 2.35 bits per heavy atom. The van der Waals surface area contributed by atoms with Crippen molar-refractivity contribution in [3.8, 4) is 0 Å². The Morgan fingerprint density at radius 1 is 1.47 bits per heavy atom. The second-order valence-corrected chi connectivity index (χ2v) is 4.88. The van der Waals surface area contributed by atoms with E-state index < -0.39 is 0 Å². The fourth-order valence-electron chi connectivity index (χ4n) is 2.97. The second kappa shape index (κ2) is 3.91. The average molecular weight is 232 g/mol. The van der Waals surface area contributed by atoms with Gasteiger partial charge in [0, 0.05) is 24.3 Å². The Labute approximate surface area is 99.9 Å². The molecule has 17 heavy (non-hydrogen) atoms. The Morgan fingerprint density at radius 3 is 2.88 bits per heavy atom. The summed E-state index contributed by atoms with van der Waals surface area (Å²) in [6.45, 7) is 1.13. The van der Waals surface area contributed by atoms with Crippen LogP contribution in [0.2, 0.25) is 0 Å². The Kier molecular flexibility index (Phi) is 2.39. The average Bonchev–Trinajstić information content (AvgIpc) is 3.00. The van der Waals surface area contributed by atoms with Crippen LogP contribution in [0.1, 0.15) is 24.8 Å². The van der Waals surface area contributed by atoms with E-state index in [4.69, 9.17) is 10.9 Å². The molecule has 1 aromatic rings. The van der Waals surface area contributed by atoms with Crippen molar-refractivity contribution in [1.29, 1.82) is 0 Å². The molecule has 0 amide bonds. The summed E-state index contributed by atoms with van der Waals surface area (Å²) in [5.41, 5.74) is 6.16. The molecule has 2 bridgehead atoms. The SMILES string of the molecule is NC(=NO)c1ccc(N2CC3CCC2C3)nc1. The summed E-state index contributed by atoms with van der Waals surface area (Å²) in [6.07, 6.45) is 5.62. The van der Waals surface area contributed by atoms with Crippen LogP contribution in [0, 0.1) is 5.92 Å². The number of nitrogens with zero attached hydrogens (tertiary/aromatic N) is 3. The molecule has 1 saturated carbocycles. The van der Waals surface area contributed by atoms with Gasteiger partial charge in [-0.3, -0.25) is 0 Å². The van der Waals surface area contributed by atoms with Gasteiger partial charge in [-0.1, -0.05) is 5.16 Å². The van der Waals surface area contributed by atoms with Crippen LogP contribution in [-0.4, -0.2) is 28.6 Å². The van der Waals surface area contributed by atoms with E-state index in [1.165, 1.54) is 19.3 Å². The third-order valence-electron chi connectivity index (χ3n) is 3.85. The molecule has 2 heterocycles. The molecule has 1 aromatic heterocycles. The first-order valence-electron chi connectivity index (χ1n) is 5.98. The third kappa shape index (κ3) is 1.71. The zero-order valence-electron chi connectivity index (χ0n) is 9.58. The van der Waals surface area contributed by atoms with Crippen LogP contribution in [-0.2, 0) is 0 Å². The number of hydrogen-bond donors (Lipinski definition) is 2. The maximum atomic E-state index is 8.58. The van der Waals surface area contributed by atoms with Crippen LogP contribution in [0.4, 0.5) is 5.82 Å². The molecule has 0 aromatic carbocycles. The number of pyridine rings is 1. The Balaban J connectivity index is 1.81. The van der Waals surface area contributed by atoms with E-state index >= 15 is 0 Å². The van der Waals surface area contributed by atoms with E-state index in [1.54, 1.807) is 6.20 Å². The molecule has 2 fully saturated rings. The molecule has 5 heteroatoms. The van der Waals surface area contributed by atoms with E-state index in [1.807, 2.05) is 12.1 Å². The van der Waals surface area contributed by atoms with Crippen LogP contribution in [0.5, 0.6) is 0 Å². The highest BCUT2D eigenvalue weighted by atomic mass is 16.4. The van der Waals surface area contributed by atoms with Gasteiger partial charge in [0.15, 0.2) is 5.84 Å². The van der Waals surface area contributed by atoms with Crippen LogP contribution >= 0.6 is 0 Å². The van der Waals surface area contributed by atoms with E-state index in [9.17, 15) is 0 Å². The Hall–Kier alpha value is -1.78. The molecule has 5 nitrogen and oxygen atoms in total. The molecular weight excluding hydrogens is 216 g/mol. The van der Waals surface area contributed by atoms with Gasteiger partial charge in [0.2, 0.25) is 0 Å². The molecule has 1 aliphatic carbocycles. The summed E-state index contributed by atoms with van der Waals surface area (Å²) < 4.78 is 0. The summed E-state index contributed by atoms with van der Waals surface area (Å²) in [6, 6.07) is 4.47. The van der Waals surface area contributed by atoms with Crippen LogP contribution in [0.3, 0.4) is 0 Å². The quantitative estimate of drug-likeness (QED) is 0.347. The molecule has 2 unspecified atom stereocenters. The molecule has 1 saturated heterocycles. The number of fused-ring (bicyclic) bond motifs is 2. The van der Waals surface area contributed by atoms with Gasteiger partial charge >= 0.3 is 0 Å². The minimum Gasteiger partial charge on any atom is -0.409 e. The standard InChI is InChI=1S/C12H16N4O/c13-12(15-17)9-2-4-11(14-6-9)16-7-8-1-3-10(16)5-8/h2,4,6,8,10,17H,1,3,5,7H2,(H2,13,15). The molecule has 2 aliphatic rings. The lowest BCUT2D eigenvalue weighted by atomic mass is 10.1. The van der Waals surface area contributed by atoms with Gasteiger partial charge in [-0.05, 0) is 37.3 Å². The van der Waals surface area contributed by atoms with Crippen molar-refractivity contribution < 1.29 is 5.21 Å². The van der Waals surface area contributed by atoms with Crippen molar-refractivity contribution >= 4 is 11.7 Å². The highest BCUT2D eigenvalue weighted by Crippen LogP contribution is 2.39. The number of anilines is 1. The number of aromatic nitrogens is 1. The lowest BCUT2D eigenvalue weighted by Gasteiger charge is -2.28. The highest BCUT2D eigenvalue weighted by molar-refractivity contribution is 5.96. The Bertz CT molecular complexity index is 442. The largest absolute Gasteiger partial charge is 0.409 e. The minimum atomic E-state index is 0.104. The molecule has 3 N–H and O–H groups in total. The zero-order chi connectivity index (χ0) is 11.8. The van der Waals surface area contributed by atoms with Crippen molar-refractivity contribution in [3.63, 3.8) is 0 Å². The summed E-state index contributed by atoms with van der Waals surface area (Å²) in [4.78, 5) is 6.78. The first kappa shape index (κ1) is 10.4. The highest BCUT2D eigenvalue weighted by Gasteiger charge is 2.38. The van der Waals surface area contributed by atoms with Crippen molar-refractivity contribution in [2.45, 2.75) is 25.3 Å². The van der Waals surface area contributed by atoms with Crippen LogP contribution < -0.4 is 10.6 Å². The fraction of sp³-hybridized carbons (Fsp3) is 0.500. The predicted octanol–water partition coefficient (Wildman–Crippen LogP) is 1.16. The van der Waals surface area contributed by atoms with Crippen molar-refractivity contribution in [2.24, 2.45) is 16.8 Å². The van der Waals surface area contributed by atoms with E-state index in [-0.39, 0.29) is 5.84 Å². The molecule has 0 radical (unpaired) electrons. The normalized spacial score (nSPS) is 27.8. The molecular formula is C12H16N4O. The second-order valence-electron chi connectivity index (χ2n) is 4.88. The number of amidine groups is 1. The summed E-state index contributed by atoms with van der Waals surface area (Å²) in [5.74, 6) is 1.96. The summed E-state index contributed by atoms with van der Waals surface area (Å²) in [5, 5.41) is 11.5. The van der Waals surface area contributed by atoms with Crippen molar-refractivity contribution in [3.05, 3.63) is 23.9 Å². The van der Waals surface area contributed by atoms with Gasteiger partial charge in [0.25, 0.3) is 0 Å². The lowest BCUT2D eigenvalue weighted by Crippen LogP contribution is -2.32. The van der Waals surface area contributed by atoms with Crippen molar-refractivity contribution in [1.82, 2.24) is 4.98 Å². The van der Waals surface area contributed by atoms with Crippen molar-refractivity contribution in [2.75, 3.05) is 11.4 Å². The first-order chi connectivity index (χ1) is 8.28. The molecule has 1 aliphatic heterocycles. The number of oxime groups is 1. The number of hydrogen-bond acceptors (Lipinski definition) is 4. The molecule has 2 atom stereocenters. The van der Waals surface area contributed by atoms with Gasteiger partial charge in [0.1, 0.15) is 5.82 Å². The fourth-order valence-corrected chi connectivity index (χ4v) is 2.97. The van der Waals surface area contributed by atoms with E-state index in [0.29, 0.717) is 11.6 Å². The maximum Gasteiger partial charge on any atom is 0.171 e. The topological polar surface area (TPSA) is 74.7 Å². The van der Waals surface area contributed by atoms with E-state index in [0.717, 1.165) is 18.3 Å². The minimum absolute atomic E-state index is 0.104. The molecule has 90 valence electrons. The number of nitrogens with two attached hydrogens (primary N) is 1. The van der Waals surface area contributed by atoms with Gasteiger partial charge in [-0.15, -0.1) is 0 Å². The van der Waals surface area contributed by atoms with Gasteiger partial charge in [0.05, 0.1) is 0 Å².